The molecule has 22 heavy (non-hydrogen) atoms. The van der Waals surface area contributed by atoms with E-state index in [0.717, 1.165) is 5.56 Å². The predicted molar refractivity (Wildman–Crippen MR) is 82.6 cm³/mol. The lowest BCUT2D eigenvalue weighted by Crippen LogP contribution is -2.46. The molecule has 2 unspecified atom stereocenters. The highest BCUT2D eigenvalue weighted by molar-refractivity contribution is 5.82. The molecular weight excluding hydrogens is 282 g/mol. The number of carboxylic acid groups (broad SMARTS) is 1. The van der Waals surface area contributed by atoms with E-state index in [4.69, 9.17) is 4.74 Å². The smallest absolute Gasteiger partial charge is 0.308 e. The van der Waals surface area contributed by atoms with Crippen molar-refractivity contribution >= 4 is 11.9 Å². The van der Waals surface area contributed by atoms with Gasteiger partial charge in [-0.1, -0.05) is 32.0 Å². The van der Waals surface area contributed by atoms with Gasteiger partial charge in [-0.3, -0.25) is 9.59 Å². The quantitative estimate of drug-likeness (QED) is 0.908. The van der Waals surface area contributed by atoms with Gasteiger partial charge in [0.05, 0.1) is 19.1 Å². The lowest BCUT2D eigenvalue weighted by atomic mass is 9.83. The number of likely N-dealkylation sites (tertiary alicyclic amines) is 1. The molecule has 1 aliphatic heterocycles. The average Bonchev–Trinajstić information content (AvgIpc) is 2.48. The topological polar surface area (TPSA) is 66.8 Å². The number of aliphatic carboxylic acids is 1. The zero-order valence-electron chi connectivity index (χ0n) is 13.3. The van der Waals surface area contributed by atoms with E-state index in [0.29, 0.717) is 18.7 Å². The van der Waals surface area contributed by atoms with Crippen LogP contribution in [-0.2, 0) is 9.59 Å². The third-order valence-corrected chi connectivity index (χ3v) is 4.04. The Bertz CT molecular complexity index is 555. The van der Waals surface area contributed by atoms with Gasteiger partial charge in [0.15, 0.2) is 0 Å². The lowest BCUT2D eigenvalue weighted by Gasteiger charge is -2.41. The number of nitrogens with zero attached hydrogens (tertiary/aromatic N) is 1. The minimum Gasteiger partial charge on any atom is -0.496 e. The van der Waals surface area contributed by atoms with Crippen molar-refractivity contribution in [2.75, 3.05) is 13.7 Å². The number of para-hydroxylation sites is 1. The number of hydrogen-bond donors (Lipinski definition) is 1. The van der Waals surface area contributed by atoms with E-state index in [1.807, 2.05) is 32.0 Å². The molecule has 2 rings (SSSR count). The van der Waals surface area contributed by atoms with Gasteiger partial charge in [-0.15, -0.1) is 0 Å². The monoisotopic (exact) mass is 305 g/mol. The molecule has 1 heterocycles. The number of amides is 1. The Morgan fingerprint density at radius 2 is 2.09 bits per heavy atom. The van der Waals surface area contributed by atoms with Gasteiger partial charge < -0.3 is 14.7 Å². The van der Waals surface area contributed by atoms with Crippen LogP contribution in [-0.4, -0.2) is 35.5 Å². The summed E-state index contributed by atoms with van der Waals surface area (Å²) >= 11 is 0. The Hall–Kier alpha value is -2.04. The van der Waals surface area contributed by atoms with Crippen LogP contribution in [0.1, 0.15) is 38.3 Å². The van der Waals surface area contributed by atoms with Crippen LogP contribution < -0.4 is 4.74 Å². The first kappa shape index (κ1) is 16.3. The molecule has 1 saturated heterocycles. The maximum Gasteiger partial charge on any atom is 0.308 e. The number of piperidine rings is 1. The molecule has 0 bridgehead atoms. The van der Waals surface area contributed by atoms with E-state index in [9.17, 15) is 14.7 Å². The highest BCUT2D eigenvalue weighted by Gasteiger charge is 2.41. The zero-order valence-corrected chi connectivity index (χ0v) is 13.3. The summed E-state index contributed by atoms with van der Waals surface area (Å²) in [6, 6.07) is 6.88. The normalized spacial score (nSPS) is 22.0. The van der Waals surface area contributed by atoms with Crippen molar-refractivity contribution in [1.29, 1.82) is 0 Å². The van der Waals surface area contributed by atoms with Gasteiger partial charge in [-0.2, -0.15) is 0 Å². The molecule has 1 fully saturated rings. The first-order valence-electron chi connectivity index (χ1n) is 7.61. The number of benzene rings is 1. The number of hydrogen-bond acceptors (Lipinski definition) is 3. The molecule has 0 saturated carbocycles. The van der Waals surface area contributed by atoms with E-state index in [1.54, 1.807) is 18.1 Å². The van der Waals surface area contributed by atoms with Gasteiger partial charge in [0.1, 0.15) is 5.75 Å². The van der Waals surface area contributed by atoms with Crippen LogP contribution >= 0.6 is 0 Å². The second-order valence-corrected chi connectivity index (χ2v) is 6.11. The Morgan fingerprint density at radius 3 is 2.68 bits per heavy atom. The Kier molecular flexibility index (Phi) is 5.06. The molecule has 1 aliphatic rings. The van der Waals surface area contributed by atoms with Gasteiger partial charge in [0.25, 0.3) is 0 Å². The van der Waals surface area contributed by atoms with E-state index < -0.39 is 17.9 Å². The third-order valence-electron chi connectivity index (χ3n) is 4.04. The van der Waals surface area contributed by atoms with Crippen LogP contribution in [0.2, 0.25) is 0 Å². The number of carboxylic acids is 1. The van der Waals surface area contributed by atoms with Crippen LogP contribution in [0.4, 0.5) is 0 Å². The van der Waals surface area contributed by atoms with Gasteiger partial charge >= 0.3 is 5.97 Å². The van der Waals surface area contributed by atoms with Crippen LogP contribution in [0.5, 0.6) is 5.75 Å². The molecule has 120 valence electrons. The van der Waals surface area contributed by atoms with E-state index >= 15 is 0 Å². The summed E-state index contributed by atoms with van der Waals surface area (Å²) in [5.74, 6) is -0.553. The first-order valence-corrected chi connectivity index (χ1v) is 7.61. The van der Waals surface area contributed by atoms with Crippen LogP contribution in [0.25, 0.3) is 0 Å². The summed E-state index contributed by atoms with van der Waals surface area (Å²) in [6.45, 7) is 4.60. The fraction of sp³-hybridized carbons (Fsp3) is 0.529. The summed E-state index contributed by atoms with van der Waals surface area (Å²) < 4.78 is 5.38. The largest absolute Gasteiger partial charge is 0.496 e. The summed E-state index contributed by atoms with van der Waals surface area (Å²) in [4.78, 5) is 25.8. The fourth-order valence-electron chi connectivity index (χ4n) is 3.12. The van der Waals surface area contributed by atoms with Gasteiger partial charge in [-0.05, 0) is 18.4 Å². The van der Waals surface area contributed by atoms with Gasteiger partial charge in [0, 0.05) is 18.5 Å². The van der Waals surface area contributed by atoms with Crippen molar-refractivity contribution in [3.05, 3.63) is 29.8 Å². The van der Waals surface area contributed by atoms with Crippen molar-refractivity contribution in [1.82, 2.24) is 4.90 Å². The Balaban J connectivity index is 2.49. The molecule has 1 aromatic rings. The Morgan fingerprint density at radius 1 is 1.41 bits per heavy atom. The second kappa shape index (κ2) is 6.81. The van der Waals surface area contributed by atoms with Crippen LogP contribution in [0.3, 0.4) is 0 Å². The molecule has 5 heteroatoms. The minimum atomic E-state index is -0.864. The number of methoxy groups -OCH3 is 1. The molecule has 0 aliphatic carbocycles. The predicted octanol–water partition coefficient (Wildman–Crippen LogP) is 2.72. The van der Waals surface area contributed by atoms with Crippen molar-refractivity contribution < 1.29 is 19.4 Å². The van der Waals surface area contributed by atoms with Crippen molar-refractivity contribution in [2.45, 2.75) is 32.7 Å². The maximum atomic E-state index is 12.4. The third kappa shape index (κ3) is 3.24. The number of ether oxygens (including phenoxy) is 1. The molecule has 0 radical (unpaired) electrons. The number of carbonyl (C=O) groups is 2. The van der Waals surface area contributed by atoms with E-state index in [-0.39, 0.29) is 18.2 Å². The minimum absolute atomic E-state index is 0.0158. The first-order chi connectivity index (χ1) is 10.5. The Labute approximate surface area is 130 Å². The van der Waals surface area contributed by atoms with Crippen molar-refractivity contribution in [3.8, 4) is 5.75 Å². The van der Waals surface area contributed by atoms with Crippen LogP contribution in [0.15, 0.2) is 24.3 Å². The van der Waals surface area contributed by atoms with Gasteiger partial charge in [0.2, 0.25) is 5.91 Å². The van der Waals surface area contributed by atoms with Crippen LogP contribution in [0, 0.1) is 11.8 Å². The van der Waals surface area contributed by atoms with Gasteiger partial charge in [-0.25, -0.2) is 0 Å². The average molecular weight is 305 g/mol. The highest BCUT2D eigenvalue weighted by atomic mass is 16.5. The summed E-state index contributed by atoms with van der Waals surface area (Å²) in [5, 5.41) is 9.59. The van der Waals surface area contributed by atoms with Crippen molar-refractivity contribution in [2.24, 2.45) is 11.8 Å². The van der Waals surface area contributed by atoms with E-state index in [2.05, 4.69) is 0 Å². The number of carbonyl (C=O) groups excluding carboxylic acids is 1. The standard InChI is InChI=1S/C17H23NO4/c1-11(2)10-18-15(19)9-8-13(17(20)21)16(18)12-6-4-5-7-14(12)22-3/h4-7,11,13,16H,8-10H2,1-3H3,(H,20,21). The number of rotatable bonds is 5. The SMILES string of the molecule is COc1ccccc1C1C(C(=O)O)CCC(=O)N1CC(C)C. The lowest BCUT2D eigenvalue weighted by molar-refractivity contribution is -0.152. The molecular formula is C17H23NO4. The fourth-order valence-corrected chi connectivity index (χ4v) is 3.12. The summed E-state index contributed by atoms with van der Waals surface area (Å²) in [7, 11) is 1.56. The zero-order chi connectivity index (χ0) is 16.3. The van der Waals surface area contributed by atoms with Crippen molar-refractivity contribution in [3.63, 3.8) is 0 Å². The molecule has 1 amide bonds. The molecule has 2 atom stereocenters. The maximum absolute atomic E-state index is 12.4. The molecule has 1 N–H and O–H groups in total. The summed E-state index contributed by atoms with van der Waals surface area (Å²) in [5.41, 5.74) is 0.770. The second-order valence-electron chi connectivity index (χ2n) is 6.11. The highest BCUT2D eigenvalue weighted by Crippen LogP contribution is 2.40. The van der Waals surface area contributed by atoms with E-state index in [1.165, 1.54) is 0 Å². The molecule has 1 aromatic carbocycles. The molecule has 5 nitrogen and oxygen atoms in total. The molecule has 0 aromatic heterocycles. The summed E-state index contributed by atoms with van der Waals surface area (Å²) in [6.07, 6.45) is 0.654. The molecule has 0 spiro atoms.